The fraction of sp³-hybridized carbons (Fsp3) is 0.519. The molecule has 1 aliphatic carbocycles. The van der Waals surface area contributed by atoms with Gasteiger partial charge in [-0.1, -0.05) is 82.9 Å². The van der Waals surface area contributed by atoms with E-state index in [1.807, 2.05) is 36.4 Å². The molecular weight excluding hydrogens is 359 g/mol. The highest BCUT2D eigenvalue weighted by Crippen LogP contribution is 2.33. The van der Waals surface area contributed by atoms with Gasteiger partial charge in [-0.25, -0.2) is 4.39 Å². The molecule has 0 heterocycles. The van der Waals surface area contributed by atoms with E-state index in [0.717, 1.165) is 35.4 Å². The lowest BCUT2D eigenvalue weighted by Crippen LogP contribution is -2.17. The number of benzene rings is 2. The normalized spacial score (nSPS) is 20.4. The summed E-state index contributed by atoms with van der Waals surface area (Å²) in [5, 5.41) is 0. The third-order valence-electron chi connectivity index (χ3n) is 6.85. The van der Waals surface area contributed by atoms with Crippen molar-refractivity contribution < 1.29 is 9.18 Å². The van der Waals surface area contributed by atoms with Crippen LogP contribution in [0.4, 0.5) is 4.39 Å². The minimum Gasteiger partial charge on any atom is -0.294 e. The Morgan fingerprint density at radius 1 is 1.00 bits per heavy atom. The Hall–Kier alpha value is -1.96. The van der Waals surface area contributed by atoms with Crippen molar-refractivity contribution >= 4 is 5.78 Å². The topological polar surface area (TPSA) is 17.1 Å². The van der Waals surface area contributed by atoms with Crippen molar-refractivity contribution in [3.8, 4) is 11.1 Å². The number of hydrogen-bond acceptors (Lipinski definition) is 1. The van der Waals surface area contributed by atoms with E-state index in [1.54, 1.807) is 6.07 Å². The molecule has 2 aromatic rings. The molecule has 1 nitrogen and oxygen atoms in total. The van der Waals surface area contributed by atoms with Crippen LogP contribution in [-0.4, -0.2) is 5.78 Å². The maximum atomic E-state index is 14.7. The molecule has 29 heavy (non-hydrogen) atoms. The fourth-order valence-corrected chi connectivity index (χ4v) is 4.53. The van der Waals surface area contributed by atoms with Crippen molar-refractivity contribution in [2.24, 2.45) is 17.8 Å². The Morgan fingerprint density at radius 2 is 1.66 bits per heavy atom. The number of rotatable bonds is 8. The molecule has 1 unspecified atom stereocenters. The number of Topliss-reactive ketones (excluding diaryl/α,β-unsaturated/α-hetero) is 1. The summed E-state index contributed by atoms with van der Waals surface area (Å²) in [6.45, 7) is 6.62. The van der Waals surface area contributed by atoms with Crippen molar-refractivity contribution in [1.82, 2.24) is 0 Å². The lowest BCUT2D eigenvalue weighted by molar-refractivity contribution is 0.0942. The predicted molar refractivity (Wildman–Crippen MR) is 120 cm³/mol. The summed E-state index contributed by atoms with van der Waals surface area (Å²) in [5.74, 6) is 1.98. The zero-order valence-electron chi connectivity index (χ0n) is 18.2. The highest BCUT2D eigenvalue weighted by atomic mass is 19.1. The molecule has 2 aromatic carbocycles. The molecule has 1 saturated carbocycles. The summed E-state index contributed by atoms with van der Waals surface area (Å²) >= 11 is 0. The Balaban J connectivity index is 1.63. The van der Waals surface area contributed by atoms with Crippen molar-refractivity contribution in [2.75, 3.05) is 0 Å². The van der Waals surface area contributed by atoms with Gasteiger partial charge < -0.3 is 0 Å². The molecule has 0 bridgehead atoms. The van der Waals surface area contributed by atoms with E-state index in [4.69, 9.17) is 0 Å². The average Bonchev–Trinajstić information content (AvgIpc) is 2.74. The van der Waals surface area contributed by atoms with Crippen LogP contribution in [0.5, 0.6) is 0 Å². The van der Waals surface area contributed by atoms with Crippen LogP contribution >= 0.6 is 0 Å². The number of halogens is 1. The molecule has 3 rings (SSSR count). The van der Waals surface area contributed by atoms with E-state index in [0.29, 0.717) is 23.8 Å². The van der Waals surface area contributed by atoms with Crippen LogP contribution in [0.3, 0.4) is 0 Å². The summed E-state index contributed by atoms with van der Waals surface area (Å²) in [5.41, 5.74) is 3.23. The Morgan fingerprint density at radius 3 is 2.24 bits per heavy atom. The molecule has 0 aliphatic heterocycles. The number of hydrogen-bond donors (Lipinski definition) is 0. The maximum Gasteiger partial charge on any atom is 0.163 e. The summed E-state index contributed by atoms with van der Waals surface area (Å²) in [6, 6.07) is 13.0. The van der Waals surface area contributed by atoms with E-state index in [-0.39, 0.29) is 11.6 Å². The van der Waals surface area contributed by atoms with Gasteiger partial charge in [-0.3, -0.25) is 4.79 Å². The molecule has 2 heteroatoms. The van der Waals surface area contributed by atoms with Gasteiger partial charge in [0.1, 0.15) is 5.82 Å². The first kappa shape index (κ1) is 21.7. The Kier molecular flexibility index (Phi) is 7.64. The minimum atomic E-state index is -0.183. The monoisotopic (exact) mass is 394 g/mol. The highest BCUT2D eigenvalue weighted by molar-refractivity contribution is 5.96. The van der Waals surface area contributed by atoms with Gasteiger partial charge in [0.15, 0.2) is 5.78 Å². The highest BCUT2D eigenvalue weighted by Gasteiger charge is 2.22. The van der Waals surface area contributed by atoms with Gasteiger partial charge in [-0.15, -0.1) is 0 Å². The molecule has 0 aromatic heterocycles. The lowest BCUT2D eigenvalue weighted by atomic mass is 9.78. The summed E-state index contributed by atoms with van der Waals surface area (Å²) < 4.78 is 14.7. The largest absolute Gasteiger partial charge is 0.294 e. The third-order valence-corrected chi connectivity index (χ3v) is 6.85. The predicted octanol–water partition coefficient (Wildman–Crippen LogP) is 7.87. The van der Waals surface area contributed by atoms with Crippen molar-refractivity contribution in [3.63, 3.8) is 0 Å². The second-order valence-electron chi connectivity index (χ2n) is 9.03. The molecule has 1 aliphatic rings. The SMILES string of the molecule is CCC(C)Cc1ccc(-c2ccc(C(=O)C[C@H]3CC[C@H](CC)CC3)cc2)c(F)c1. The summed E-state index contributed by atoms with van der Waals surface area (Å²) in [6.07, 6.45) is 8.79. The van der Waals surface area contributed by atoms with Gasteiger partial charge in [0.2, 0.25) is 0 Å². The molecule has 156 valence electrons. The van der Waals surface area contributed by atoms with Gasteiger partial charge in [0.25, 0.3) is 0 Å². The van der Waals surface area contributed by atoms with Gasteiger partial charge in [0, 0.05) is 17.5 Å². The van der Waals surface area contributed by atoms with Crippen LogP contribution in [0.25, 0.3) is 11.1 Å². The molecule has 1 atom stereocenters. The number of carbonyl (C=O) groups excluding carboxylic acids is 1. The van der Waals surface area contributed by atoms with E-state index in [2.05, 4.69) is 20.8 Å². The zero-order valence-corrected chi connectivity index (χ0v) is 18.2. The summed E-state index contributed by atoms with van der Waals surface area (Å²) in [4.78, 5) is 12.7. The molecule has 0 saturated heterocycles. The Labute approximate surface area is 175 Å². The van der Waals surface area contributed by atoms with Crippen LogP contribution in [-0.2, 0) is 6.42 Å². The second-order valence-corrected chi connectivity index (χ2v) is 9.03. The molecular formula is C27H35FO. The van der Waals surface area contributed by atoms with E-state index < -0.39 is 0 Å². The van der Waals surface area contributed by atoms with E-state index in [1.165, 1.54) is 32.1 Å². The van der Waals surface area contributed by atoms with Crippen LogP contribution < -0.4 is 0 Å². The van der Waals surface area contributed by atoms with Crippen molar-refractivity contribution in [2.45, 2.75) is 72.1 Å². The van der Waals surface area contributed by atoms with Crippen molar-refractivity contribution in [3.05, 3.63) is 59.4 Å². The maximum absolute atomic E-state index is 14.7. The van der Waals surface area contributed by atoms with Crippen molar-refractivity contribution in [1.29, 1.82) is 0 Å². The summed E-state index contributed by atoms with van der Waals surface area (Å²) in [7, 11) is 0. The van der Waals surface area contributed by atoms with Gasteiger partial charge in [0.05, 0.1) is 0 Å². The van der Waals surface area contributed by atoms with Crippen LogP contribution in [0.2, 0.25) is 0 Å². The first-order valence-electron chi connectivity index (χ1n) is 11.4. The minimum absolute atomic E-state index is 0.183. The number of ketones is 1. The van der Waals surface area contributed by atoms with Crippen LogP contribution in [0.1, 0.15) is 81.6 Å². The average molecular weight is 395 g/mol. The van der Waals surface area contributed by atoms with Crippen LogP contribution in [0.15, 0.2) is 42.5 Å². The number of carbonyl (C=O) groups is 1. The lowest BCUT2D eigenvalue weighted by Gasteiger charge is -2.27. The van der Waals surface area contributed by atoms with Crippen LogP contribution in [0, 0.1) is 23.6 Å². The first-order valence-corrected chi connectivity index (χ1v) is 11.4. The molecule has 0 spiro atoms. The van der Waals surface area contributed by atoms with Gasteiger partial charge >= 0.3 is 0 Å². The smallest absolute Gasteiger partial charge is 0.163 e. The van der Waals surface area contributed by atoms with E-state index in [9.17, 15) is 9.18 Å². The first-order chi connectivity index (χ1) is 14.0. The van der Waals surface area contributed by atoms with Gasteiger partial charge in [-0.2, -0.15) is 0 Å². The molecule has 0 radical (unpaired) electrons. The quantitative estimate of drug-likeness (QED) is 0.416. The molecule has 1 fully saturated rings. The molecule has 0 amide bonds. The third kappa shape index (κ3) is 5.78. The fourth-order valence-electron chi connectivity index (χ4n) is 4.53. The zero-order chi connectivity index (χ0) is 20.8. The Bertz CT molecular complexity index is 800. The standard InChI is InChI=1S/C27H35FO/c1-4-19(3)16-22-10-15-25(26(28)17-22)23-11-13-24(14-12-23)27(29)18-21-8-6-20(5-2)7-9-21/h10-15,17,19-21H,4-9,16,18H2,1-3H3/t19?,20-,21-. The van der Waals surface area contributed by atoms with Gasteiger partial charge in [-0.05, 0) is 54.2 Å². The molecule has 0 N–H and O–H groups in total. The second kappa shape index (κ2) is 10.2. The van der Waals surface area contributed by atoms with E-state index >= 15 is 0 Å².